The molecule has 0 spiro atoms. The van der Waals surface area contributed by atoms with Gasteiger partial charge in [0.05, 0.1) is 7.11 Å². The average molecular weight is 277 g/mol. The van der Waals surface area contributed by atoms with Gasteiger partial charge in [-0.1, -0.05) is 0 Å². The second-order valence-electron chi connectivity index (χ2n) is 4.88. The number of pyridine rings is 1. The molecule has 1 aromatic heterocycles. The predicted octanol–water partition coefficient (Wildman–Crippen LogP) is 3.45. The van der Waals surface area contributed by atoms with E-state index in [0.717, 1.165) is 42.9 Å². The molecule has 0 N–H and O–H groups in total. The molecule has 2 aromatic rings. The van der Waals surface area contributed by atoms with Gasteiger partial charge in [0.15, 0.2) is 0 Å². The van der Waals surface area contributed by atoms with E-state index >= 15 is 0 Å². The number of ether oxygens (including phenoxy) is 1. The van der Waals surface area contributed by atoms with Crippen LogP contribution in [0.5, 0.6) is 5.75 Å². The van der Waals surface area contributed by atoms with Gasteiger partial charge in [-0.15, -0.1) is 11.6 Å². The minimum Gasteiger partial charge on any atom is -0.497 e. The zero-order valence-corrected chi connectivity index (χ0v) is 11.7. The fourth-order valence-electron chi connectivity index (χ4n) is 2.58. The molecule has 3 nitrogen and oxygen atoms in total. The first kappa shape index (κ1) is 12.5. The molecule has 0 unspecified atom stereocenters. The van der Waals surface area contributed by atoms with Crippen LogP contribution < -0.4 is 9.64 Å². The van der Waals surface area contributed by atoms with Crippen LogP contribution in [0.2, 0.25) is 0 Å². The fraction of sp³-hybridized carbons (Fsp3) is 0.400. The van der Waals surface area contributed by atoms with Crippen LogP contribution in [-0.2, 0) is 0 Å². The van der Waals surface area contributed by atoms with Gasteiger partial charge in [-0.3, -0.25) is 0 Å². The maximum Gasteiger partial charge on any atom is 0.136 e. The molecule has 2 heterocycles. The molecule has 0 saturated carbocycles. The molecule has 0 amide bonds. The summed E-state index contributed by atoms with van der Waals surface area (Å²) in [6, 6.07) is 8.15. The fourth-order valence-corrected chi connectivity index (χ4v) is 2.77. The van der Waals surface area contributed by atoms with Gasteiger partial charge in [0.2, 0.25) is 0 Å². The summed E-state index contributed by atoms with van der Waals surface area (Å²) in [5, 5.41) is 2.65. The Balaban J connectivity index is 1.99. The van der Waals surface area contributed by atoms with Crippen molar-refractivity contribution in [2.75, 3.05) is 25.1 Å². The molecule has 3 rings (SSSR count). The summed E-state index contributed by atoms with van der Waals surface area (Å²) < 4.78 is 5.27. The van der Waals surface area contributed by atoms with Gasteiger partial charge < -0.3 is 9.64 Å². The highest BCUT2D eigenvalue weighted by Crippen LogP contribution is 2.29. The number of nitrogens with zero attached hydrogens (tertiary/aromatic N) is 2. The Morgan fingerprint density at radius 3 is 2.79 bits per heavy atom. The van der Waals surface area contributed by atoms with E-state index in [0.29, 0.717) is 5.38 Å². The molecular formula is C15H17ClN2O. The third-order valence-corrected chi connectivity index (χ3v) is 4.11. The van der Waals surface area contributed by atoms with Crippen molar-refractivity contribution in [3.8, 4) is 5.75 Å². The Morgan fingerprint density at radius 1 is 1.26 bits per heavy atom. The van der Waals surface area contributed by atoms with E-state index < -0.39 is 0 Å². The summed E-state index contributed by atoms with van der Waals surface area (Å²) in [7, 11) is 1.69. The van der Waals surface area contributed by atoms with Gasteiger partial charge in [-0.05, 0) is 42.5 Å². The van der Waals surface area contributed by atoms with Crippen LogP contribution in [0.15, 0.2) is 30.5 Å². The molecule has 19 heavy (non-hydrogen) atoms. The van der Waals surface area contributed by atoms with E-state index in [1.165, 1.54) is 5.39 Å². The zero-order chi connectivity index (χ0) is 13.2. The smallest absolute Gasteiger partial charge is 0.136 e. The van der Waals surface area contributed by atoms with Crippen LogP contribution in [0.3, 0.4) is 0 Å². The molecule has 0 aliphatic carbocycles. The summed E-state index contributed by atoms with van der Waals surface area (Å²) in [6.07, 6.45) is 3.91. The van der Waals surface area contributed by atoms with Crippen LogP contribution >= 0.6 is 11.6 Å². The second-order valence-corrected chi connectivity index (χ2v) is 5.50. The molecular weight excluding hydrogens is 260 g/mol. The quantitative estimate of drug-likeness (QED) is 0.786. The molecule has 4 heteroatoms. The van der Waals surface area contributed by atoms with Crippen molar-refractivity contribution in [1.82, 2.24) is 4.98 Å². The molecule has 1 aromatic carbocycles. The second kappa shape index (κ2) is 5.25. The molecule has 0 atom stereocenters. The minimum absolute atomic E-state index is 0.311. The van der Waals surface area contributed by atoms with Gasteiger partial charge in [0, 0.05) is 30.0 Å². The number of rotatable bonds is 2. The first-order chi connectivity index (χ1) is 9.28. The molecule has 100 valence electrons. The van der Waals surface area contributed by atoms with Crippen molar-refractivity contribution in [2.45, 2.75) is 18.2 Å². The monoisotopic (exact) mass is 276 g/mol. The maximum atomic E-state index is 6.16. The Labute approximate surface area is 118 Å². The highest BCUT2D eigenvalue weighted by molar-refractivity contribution is 6.20. The van der Waals surface area contributed by atoms with E-state index in [1.54, 1.807) is 7.11 Å². The number of benzene rings is 1. The predicted molar refractivity (Wildman–Crippen MR) is 79.4 cm³/mol. The van der Waals surface area contributed by atoms with E-state index in [4.69, 9.17) is 16.3 Å². The van der Waals surface area contributed by atoms with Gasteiger partial charge in [-0.25, -0.2) is 4.98 Å². The first-order valence-electron chi connectivity index (χ1n) is 6.59. The van der Waals surface area contributed by atoms with Crippen molar-refractivity contribution in [2.24, 2.45) is 0 Å². The Morgan fingerprint density at radius 2 is 2.05 bits per heavy atom. The van der Waals surface area contributed by atoms with Crippen LogP contribution in [0.1, 0.15) is 12.8 Å². The number of hydrogen-bond donors (Lipinski definition) is 0. The number of alkyl halides is 1. The van der Waals surface area contributed by atoms with E-state index in [2.05, 4.69) is 22.0 Å². The van der Waals surface area contributed by atoms with E-state index in [-0.39, 0.29) is 0 Å². The summed E-state index contributed by atoms with van der Waals surface area (Å²) in [5.74, 6) is 1.94. The number of aromatic nitrogens is 1. The summed E-state index contributed by atoms with van der Waals surface area (Å²) in [4.78, 5) is 6.88. The van der Waals surface area contributed by atoms with Gasteiger partial charge in [0.1, 0.15) is 11.6 Å². The number of piperidine rings is 1. The maximum absolute atomic E-state index is 6.16. The van der Waals surface area contributed by atoms with Gasteiger partial charge in [0.25, 0.3) is 0 Å². The van der Waals surface area contributed by atoms with E-state index in [9.17, 15) is 0 Å². The average Bonchev–Trinajstić information content (AvgIpc) is 2.47. The van der Waals surface area contributed by atoms with E-state index in [1.807, 2.05) is 18.3 Å². The van der Waals surface area contributed by atoms with Crippen molar-refractivity contribution < 1.29 is 4.74 Å². The van der Waals surface area contributed by atoms with Crippen molar-refractivity contribution in [3.05, 3.63) is 30.5 Å². The summed E-state index contributed by atoms with van der Waals surface area (Å²) in [5.41, 5.74) is 0. The van der Waals surface area contributed by atoms with Crippen molar-refractivity contribution in [1.29, 1.82) is 0 Å². The third-order valence-electron chi connectivity index (χ3n) is 3.67. The van der Waals surface area contributed by atoms with Gasteiger partial charge >= 0.3 is 0 Å². The largest absolute Gasteiger partial charge is 0.497 e. The number of anilines is 1. The number of methoxy groups -OCH3 is 1. The van der Waals surface area contributed by atoms with Crippen LogP contribution in [0.4, 0.5) is 5.82 Å². The standard InChI is InChI=1S/C15H17ClN2O/c1-19-13-2-3-14-11(10-13)4-7-17-15(14)18-8-5-12(16)6-9-18/h2-4,7,10,12H,5-6,8-9H2,1H3. The van der Waals surface area contributed by atoms with Crippen molar-refractivity contribution in [3.63, 3.8) is 0 Å². The topological polar surface area (TPSA) is 25.4 Å². The van der Waals surface area contributed by atoms with Crippen molar-refractivity contribution >= 4 is 28.2 Å². The zero-order valence-electron chi connectivity index (χ0n) is 11.0. The highest BCUT2D eigenvalue weighted by atomic mass is 35.5. The molecule has 0 bridgehead atoms. The first-order valence-corrected chi connectivity index (χ1v) is 7.03. The Hall–Kier alpha value is -1.48. The molecule has 1 aliphatic rings. The normalized spacial score (nSPS) is 16.8. The highest BCUT2D eigenvalue weighted by Gasteiger charge is 2.19. The SMILES string of the molecule is COc1ccc2c(N3CCC(Cl)CC3)nccc2c1. The van der Waals surface area contributed by atoms with Crippen LogP contribution in [0.25, 0.3) is 10.8 Å². The lowest BCUT2D eigenvalue weighted by Gasteiger charge is -2.31. The van der Waals surface area contributed by atoms with Crippen LogP contribution in [0, 0.1) is 0 Å². The molecule has 1 fully saturated rings. The van der Waals surface area contributed by atoms with Gasteiger partial charge in [-0.2, -0.15) is 0 Å². The number of halogens is 1. The third kappa shape index (κ3) is 2.47. The molecule has 0 radical (unpaired) electrons. The Bertz CT molecular complexity index is 579. The number of hydrogen-bond acceptors (Lipinski definition) is 3. The lowest BCUT2D eigenvalue weighted by molar-refractivity contribution is 0.415. The lowest BCUT2D eigenvalue weighted by Crippen LogP contribution is -2.34. The van der Waals surface area contributed by atoms with Crippen LogP contribution in [-0.4, -0.2) is 30.6 Å². The molecule has 1 saturated heterocycles. The lowest BCUT2D eigenvalue weighted by atomic mass is 10.1. The molecule has 1 aliphatic heterocycles. The summed E-state index contributed by atoms with van der Waals surface area (Å²) in [6.45, 7) is 1.96. The minimum atomic E-state index is 0.311. The Kier molecular flexibility index (Phi) is 3.47. The summed E-state index contributed by atoms with van der Waals surface area (Å²) >= 11 is 6.16. The number of fused-ring (bicyclic) bond motifs is 1.